The normalized spacial score (nSPS) is 16.5. The molecule has 130 valence electrons. The van der Waals surface area contributed by atoms with Crippen molar-refractivity contribution in [3.63, 3.8) is 0 Å². The molecule has 5 nitrogen and oxygen atoms in total. The van der Waals surface area contributed by atoms with Gasteiger partial charge in [-0.2, -0.15) is 0 Å². The van der Waals surface area contributed by atoms with Gasteiger partial charge in [0.15, 0.2) is 11.6 Å². The lowest BCUT2D eigenvalue weighted by Gasteiger charge is -2.22. The molecule has 0 spiro atoms. The van der Waals surface area contributed by atoms with Crippen molar-refractivity contribution < 1.29 is 13.5 Å². The van der Waals surface area contributed by atoms with Crippen molar-refractivity contribution in [2.45, 2.75) is 51.7 Å². The van der Waals surface area contributed by atoms with E-state index in [4.69, 9.17) is 4.74 Å². The third-order valence-corrected chi connectivity index (χ3v) is 4.20. The van der Waals surface area contributed by atoms with Crippen molar-refractivity contribution >= 4 is 0 Å². The number of aromatic nitrogens is 3. The highest BCUT2D eigenvalue weighted by Gasteiger charge is 2.21. The Hall–Kier alpha value is -2.02. The van der Waals surface area contributed by atoms with Crippen molar-refractivity contribution in [3.8, 4) is 5.75 Å². The Morgan fingerprint density at radius 2 is 2.04 bits per heavy atom. The first-order chi connectivity index (χ1) is 11.5. The first-order valence-corrected chi connectivity index (χ1v) is 8.30. The van der Waals surface area contributed by atoms with Gasteiger partial charge in [0.1, 0.15) is 24.0 Å². The van der Waals surface area contributed by atoms with Crippen LogP contribution in [0.25, 0.3) is 0 Å². The predicted octanol–water partition coefficient (Wildman–Crippen LogP) is 3.01. The van der Waals surface area contributed by atoms with E-state index in [1.54, 1.807) is 0 Å². The van der Waals surface area contributed by atoms with Crippen molar-refractivity contribution in [2.75, 3.05) is 6.61 Å². The first kappa shape index (κ1) is 16.8. The molecule has 3 rings (SSSR count). The molecule has 0 radical (unpaired) electrons. The van der Waals surface area contributed by atoms with E-state index in [-0.39, 0.29) is 12.1 Å². The van der Waals surface area contributed by atoms with Gasteiger partial charge in [0.25, 0.3) is 0 Å². The Balaban J connectivity index is 1.55. The minimum Gasteiger partial charge on any atom is -0.492 e. The average molecular weight is 336 g/mol. The van der Waals surface area contributed by atoms with Gasteiger partial charge in [-0.05, 0) is 38.8 Å². The molecule has 2 heterocycles. The van der Waals surface area contributed by atoms with Crippen LogP contribution in [0.15, 0.2) is 18.2 Å². The summed E-state index contributed by atoms with van der Waals surface area (Å²) in [4.78, 5) is 0. The van der Waals surface area contributed by atoms with Crippen molar-refractivity contribution in [1.82, 2.24) is 20.1 Å². The third kappa shape index (κ3) is 3.72. The minimum atomic E-state index is -0.906. The number of aryl methyl sites for hydroxylation is 1. The van der Waals surface area contributed by atoms with Crippen LogP contribution in [-0.2, 0) is 13.0 Å². The van der Waals surface area contributed by atoms with Crippen LogP contribution in [0.5, 0.6) is 5.75 Å². The van der Waals surface area contributed by atoms with E-state index in [1.165, 1.54) is 12.5 Å². The van der Waals surface area contributed by atoms with E-state index in [0.29, 0.717) is 12.4 Å². The van der Waals surface area contributed by atoms with Crippen LogP contribution >= 0.6 is 0 Å². The van der Waals surface area contributed by atoms with Crippen LogP contribution in [-0.4, -0.2) is 27.4 Å². The summed E-state index contributed by atoms with van der Waals surface area (Å²) >= 11 is 0. The van der Waals surface area contributed by atoms with Crippen LogP contribution < -0.4 is 10.1 Å². The summed E-state index contributed by atoms with van der Waals surface area (Å²) in [6, 6.07) is 3.59. The molecule has 0 aliphatic carbocycles. The molecule has 2 aromatic rings. The Labute approximate surface area is 140 Å². The van der Waals surface area contributed by atoms with Gasteiger partial charge >= 0.3 is 0 Å². The lowest BCUT2D eigenvalue weighted by atomic mass is 10.1. The van der Waals surface area contributed by atoms with Gasteiger partial charge in [0.2, 0.25) is 0 Å². The molecular formula is C17H22F2N4O. The average Bonchev–Trinajstić information content (AvgIpc) is 3.00. The maximum absolute atomic E-state index is 13.2. The van der Waals surface area contributed by atoms with Gasteiger partial charge in [-0.1, -0.05) is 0 Å². The number of rotatable bonds is 6. The number of fused-ring (bicyclic) bond motifs is 1. The van der Waals surface area contributed by atoms with Crippen LogP contribution in [0.4, 0.5) is 8.78 Å². The van der Waals surface area contributed by atoms with Crippen LogP contribution in [0.1, 0.15) is 44.4 Å². The number of ether oxygens (including phenoxy) is 1. The van der Waals surface area contributed by atoms with Crippen LogP contribution in [0.2, 0.25) is 0 Å². The monoisotopic (exact) mass is 336 g/mol. The maximum Gasteiger partial charge on any atom is 0.162 e. The van der Waals surface area contributed by atoms with Crippen molar-refractivity contribution in [1.29, 1.82) is 0 Å². The molecule has 2 unspecified atom stereocenters. The SMILES string of the molecule is CC(COc1ccc(F)c(F)c1)NC(C)c1nnc2n1CCCC2. The zero-order valence-electron chi connectivity index (χ0n) is 13.9. The highest BCUT2D eigenvalue weighted by atomic mass is 19.2. The molecule has 0 bridgehead atoms. The topological polar surface area (TPSA) is 52.0 Å². The third-order valence-electron chi connectivity index (χ3n) is 4.20. The fourth-order valence-electron chi connectivity index (χ4n) is 2.99. The summed E-state index contributed by atoms with van der Waals surface area (Å²) in [6.45, 7) is 5.32. The molecule has 2 atom stereocenters. The summed E-state index contributed by atoms with van der Waals surface area (Å²) in [5.74, 6) is 0.519. The van der Waals surface area contributed by atoms with E-state index in [9.17, 15) is 8.78 Å². The highest BCUT2D eigenvalue weighted by molar-refractivity contribution is 5.23. The number of hydrogen-bond acceptors (Lipinski definition) is 4. The van der Waals surface area contributed by atoms with Gasteiger partial charge in [-0.15, -0.1) is 10.2 Å². The van der Waals surface area contributed by atoms with Gasteiger partial charge in [-0.25, -0.2) is 8.78 Å². The quantitative estimate of drug-likeness (QED) is 0.881. The van der Waals surface area contributed by atoms with E-state index < -0.39 is 11.6 Å². The number of benzene rings is 1. The summed E-state index contributed by atoms with van der Waals surface area (Å²) < 4.78 is 33.8. The standard InChI is InChI=1S/C17H22F2N4O/c1-11(10-24-13-6-7-14(18)15(19)9-13)20-12(2)17-22-21-16-5-3-4-8-23(16)17/h6-7,9,11-12,20H,3-5,8,10H2,1-2H3. The van der Waals surface area contributed by atoms with Crippen LogP contribution in [0, 0.1) is 11.6 Å². The number of hydrogen-bond donors (Lipinski definition) is 1. The summed E-state index contributed by atoms with van der Waals surface area (Å²) in [5.41, 5.74) is 0. The molecule has 0 fully saturated rings. The molecule has 1 aliphatic rings. The van der Waals surface area contributed by atoms with Crippen LogP contribution in [0.3, 0.4) is 0 Å². The zero-order chi connectivity index (χ0) is 17.1. The fourth-order valence-corrected chi connectivity index (χ4v) is 2.99. The molecule has 1 aromatic carbocycles. The van der Waals surface area contributed by atoms with Gasteiger partial charge < -0.3 is 14.6 Å². The molecule has 1 aliphatic heterocycles. The van der Waals surface area contributed by atoms with Crippen molar-refractivity contribution in [3.05, 3.63) is 41.5 Å². The molecular weight excluding hydrogens is 314 g/mol. The summed E-state index contributed by atoms with van der Waals surface area (Å²) in [5, 5.41) is 12.0. The summed E-state index contributed by atoms with van der Waals surface area (Å²) in [7, 11) is 0. The summed E-state index contributed by atoms with van der Waals surface area (Å²) in [6.07, 6.45) is 3.30. The largest absolute Gasteiger partial charge is 0.492 e. The zero-order valence-corrected chi connectivity index (χ0v) is 13.9. The van der Waals surface area contributed by atoms with Gasteiger partial charge in [0.05, 0.1) is 6.04 Å². The van der Waals surface area contributed by atoms with Crippen molar-refractivity contribution in [2.24, 2.45) is 0 Å². The van der Waals surface area contributed by atoms with E-state index in [0.717, 1.165) is 43.2 Å². The number of nitrogens with one attached hydrogen (secondary N) is 1. The smallest absolute Gasteiger partial charge is 0.162 e. The maximum atomic E-state index is 13.2. The number of halogens is 2. The van der Waals surface area contributed by atoms with E-state index >= 15 is 0 Å². The second-order valence-corrected chi connectivity index (χ2v) is 6.26. The minimum absolute atomic E-state index is 0.0182. The fraction of sp³-hybridized carbons (Fsp3) is 0.529. The lowest BCUT2D eigenvalue weighted by molar-refractivity contribution is 0.259. The van der Waals surface area contributed by atoms with E-state index in [1.807, 2.05) is 13.8 Å². The molecule has 0 saturated carbocycles. The Morgan fingerprint density at radius 1 is 1.21 bits per heavy atom. The second kappa shape index (κ2) is 7.25. The Kier molecular flexibility index (Phi) is 5.08. The number of nitrogens with zero attached hydrogens (tertiary/aromatic N) is 3. The highest BCUT2D eigenvalue weighted by Crippen LogP contribution is 2.19. The second-order valence-electron chi connectivity index (χ2n) is 6.26. The Morgan fingerprint density at radius 3 is 2.83 bits per heavy atom. The Bertz CT molecular complexity index is 704. The van der Waals surface area contributed by atoms with Gasteiger partial charge in [-0.3, -0.25) is 0 Å². The first-order valence-electron chi connectivity index (χ1n) is 8.30. The molecule has 1 N–H and O–H groups in total. The molecule has 0 saturated heterocycles. The van der Waals surface area contributed by atoms with E-state index in [2.05, 4.69) is 20.1 Å². The molecule has 7 heteroatoms. The predicted molar refractivity (Wildman–Crippen MR) is 85.8 cm³/mol. The molecule has 1 aromatic heterocycles. The van der Waals surface area contributed by atoms with Gasteiger partial charge in [0, 0.05) is 25.1 Å². The molecule has 24 heavy (non-hydrogen) atoms. The lowest BCUT2D eigenvalue weighted by Crippen LogP contribution is -2.35. The molecule has 0 amide bonds.